The Morgan fingerprint density at radius 3 is 2.53 bits per heavy atom. The van der Waals surface area contributed by atoms with Crippen LogP contribution in [0.1, 0.15) is 36.6 Å². The summed E-state index contributed by atoms with van der Waals surface area (Å²) in [5, 5.41) is 3.43. The lowest BCUT2D eigenvalue weighted by molar-refractivity contribution is 0.708. The summed E-state index contributed by atoms with van der Waals surface area (Å²) in [5.74, 6) is 0. The van der Waals surface area contributed by atoms with Crippen LogP contribution < -0.4 is 5.32 Å². The molecule has 0 unspecified atom stereocenters. The van der Waals surface area contributed by atoms with Gasteiger partial charge < -0.3 is 5.32 Å². The number of hydrogen-bond donors (Lipinski definition) is 1. The quantitative estimate of drug-likeness (QED) is 0.688. The first-order valence-corrected chi connectivity index (χ1v) is 5.75. The van der Waals surface area contributed by atoms with Crippen LogP contribution in [0.3, 0.4) is 0 Å². The Bertz CT molecular complexity index is 339. The van der Waals surface area contributed by atoms with Gasteiger partial charge in [-0.05, 0) is 30.5 Å². The molecule has 0 aromatic heterocycles. The average Bonchev–Trinajstić information content (AvgIpc) is 2.78. The largest absolute Gasteiger partial charge is 0.303 e. The third-order valence-electron chi connectivity index (χ3n) is 2.77. The summed E-state index contributed by atoms with van der Waals surface area (Å²) in [5.41, 5.74) is 4.19. The molecule has 1 N–H and O–H groups in total. The molecule has 1 aromatic carbocycles. The molecule has 0 aliphatic carbocycles. The molecule has 82 valence electrons. The molecule has 1 heteroatoms. The van der Waals surface area contributed by atoms with Gasteiger partial charge in [0.1, 0.15) is 0 Å². The summed E-state index contributed by atoms with van der Waals surface area (Å²) in [6.45, 7) is 9.36. The molecular formula is C14H21N. The molecule has 2 rings (SSSR count). The van der Waals surface area contributed by atoms with E-state index in [2.05, 4.69) is 49.5 Å². The van der Waals surface area contributed by atoms with Crippen molar-refractivity contribution in [2.45, 2.75) is 33.7 Å². The Labute approximate surface area is 93.2 Å². The van der Waals surface area contributed by atoms with Crippen molar-refractivity contribution in [3.05, 3.63) is 47.0 Å². The van der Waals surface area contributed by atoms with Crippen LogP contribution in [-0.4, -0.2) is 6.54 Å². The summed E-state index contributed by atoms with van der Waals surface area (Å²) in [4.78, 5) is 0. The fraction of sp³-hybridized carbons (Fsp3) is 0.429. The Morgan fingerprint density at radius 2 is 1.93 bits per heavy atom. The van der Waals surface area contributed by atoms with Crippen molar-refractivity contribution in [3.63, 3.8) is 0 Å². The van der Waals surface area contributed by atoms with Crippen LogP contribution in [0.25, 0.3) is 0 Å². The van der Waals surface area contributed by atoms with Crippen molar-refractivity contribution in [3.8, 4) is 0 Å². The highest BCUT2D eigenvalue weighted by atomic mass is 14.9. The molecule has 1 nitrogen and oxygen atoms in total. The first-order valence-electron chi connectivity index (χ1n) is 5.75. The fourth-order valence-corrected chi connectivity index (χ4v) is 1.79. The Balaban J connectivity index is 0.000000531. The molecule has 0 fully saturated rings. The van der Waals surface area contributed by atoms with Crippen molar-refractivity contribution < 1.29 is 0 Å². The molecule has 0 spiro atoms. The average molecular weight is 203 g/mol. The lowest BCUT2D eigenvalue weighted by Gasteiger charge is -2.14. The van der Waals surface area contributed by atoms with Gasteiger partial charge in [0.15, 0.2) is 0 Å². The minimum absolute atomic E-state index is 0.430. The molecule has 1 aliphatic heterocycles. The normalized spacial score (nSPS) is 18.5. The summed E-state index contributed by atoms with van der Waals surface area (Å²) < 4.78 is 0. The Morgan fingerprint density at radius 1 is 1.20 bits per heavy atom. The number of rotatable bonds is 1. The Kier molecular flexibility index (Phi) is 4.57. The number of benzene rings is 1. The predicted octanol–water partition coefficient (Wildman–Crippen LogP) is 3.53. The van der Waals surface area contributed by atoms with Crippen LogP contribution in [0.2, 0.25) is 0 Å². The molecule has 0 bridgehead atoms. The maximum absolute atomic E-state index is 3.43. The van der Waals surface area contributed by atoms with Crippen LogP contribution in [0, 0.1) is 13.8 Å². The van der Waals surface area contributed by atoms with E-state index in [1.807, 2.05) is 13.8 Å². The van der Waals surface area contributed by atoms with Crippen molar-refractivity contribution in [1.29, 1.82) is 0 Å². The van der Waals surface area contributed by atoms with Gasteiger partial charge in [-0.2, -0.15) is 0 Å². The summed E-state index contributed by atoms with van der Waals surface area (Å²) in [6, 6.07) is 6.93. The van der Waals surface area contributed by atoms with Gasteiger partial charge >= 0.3 is 0 Å². The van der Waals surface area contributed by atoms with E-state index in [0.717, 1.165) is 6.54 Å². The molecule has 1 aromatic rings. The fourth-order valence-electron chi connectivity index (χ4n) is 1.79. The molecule has 0 saturated carbocycles. The second kappa shape index (κ2) is 5.72. The lowest BCUT2D eigenvalue weighted by atomic mass is 9.98. The molecule has 1 atom stereocenters. The SMILES string of the molecule is CC.Cc1cccc([C@@H]2C=CCN2)c1C. The molecule has 0 saturated heterocycles. The number of aryl methyl sites for hydroxylation is 1. The van der Waals surface area contributed by atoms with E-state index in [1.165, 1.54) is 16.7 Å². The van der Waals surface area contributed by atoms with E-state index in [-0.39, 0.29) is 0 Å². The van der Waals surface area contributed by atoms with Crippen LogP contribution >= 0.6 is 0 Å². The predicted molar refractivity (Wildman–Crippen MR) is 67.1 cm³/mol. The van der Waals surface area contributed by atoms with E-state index < -0.39 is 0 Å². The third kappa shape index (κ3) is 2.69. The van der Waals surface area contributed by atoms with E-state index in [4.69, 9.17) is 0 Å². The zero-order valence-corrected chi connectivity index (χ0v) is 10.2. The molecule has 15 heavy (non-hydrogen) atoms. The minimum atomic E-state index is 0.430. The highest BCUT2D eigenvalue weighted by Gasteiger charge is 2.12. The number of nitrogens with one attached hydrogen (secondary N) is 1. The first-order chi connectivity index (χ1) is 7.29. The van der Waals surface area contributed by atoms with E-state index >= 15 is 0 Å². The maximum atomic E-state index is 3.43. The smallest absolute Gasteiger partial charge is 0.0511 e. The van der Waals surface area contributed by atoms with Gasteiger partial charge in [0.25, 0.3) is 0 Å². The zero-order valence-electron chi connectivity index (χ0n) is 10.2. The van der Waals surface area contributed by atoms with Gasteiger partial charge in [0.2, 0.25) is 0 Å². The summed E-state index contributed by atoms with van der Waals surface area (Å²) in [7, 11) is 0. The van der Waals surface area contributed by atoms with E-state index in [1.54, 1.807) is 0 Å². The standard InChI is InChI=1S/C12H15N.C2H6/c1-9-5-3-6-11(10(9)2)12-7-4-8-13-12;1-2/h3-7,12-13H,8H2,1-2H3;1-2H3/t12-;/m0./s1. The Hall–Kier alpha value is -1.08. The molecule has 1 aliphatic rings. The lowest BCUT2D eigenvalue weighted by Crippen LogP contribution is -2.15. The van der Waals surface area contributed by atoms with E-state index in [9.17, 15) is 0 Å². The van der Waals surface area contributed by atoms with Crippen LogP contribution in [0.5, 0.6) is 0 Å². The number of hydrogen-bond acceptors (Lipinski definition) is 1. The molecular weight excluding hydrogens is 182 g/mol. The highest BCUT2D eigenvalue weighted by Crippen LogP contribution is 2.23. The highest BCUT2D eigenvalue weighted by molar-refractivity contribution is 5.38. The van der Waals surface area contributed by atoms with Gasteiger partial charge in [-0.15, -0.1) is 0 Å². The van der Waals surface area contributed by atoms with Crippen molar-refractivity contribution in [2.24, 2.45) is 0 Å². The third-order valence-corrected chi connectivity index (χ3v) is 2.77. The first kappa shape index (κ1) is 12.0. The van der Waals surface area contributed by atoms with Gasteiger partial charge in [-0.3, -0.25) is 0 Å². The zero-order chi connectivity index (χ0) is 11.3. The van der Waals surface area contributed by atoms with Gasteiger partial charge in [0, 0.05) is 6.54 Å². The van der Waals surface area contributed by atoms with Crippen molar-refractivity contribution in [2.75, 3.05) is 6.54 Å². The topological polar surface area (TPSA) is 12.0 Å². The van der Waals surface area contributed by atoms with Gasteiger partial charge in [0.05, 0.1) is 6.04 Å². The second-order valence-electron chi connectivity index (χ2n) is 3.60. The van der Waals surface area contributed by atoms with Gasteiger partial charge in [-0.1, -0.05) is 44.2 Å². The maximum Gasteiger partial charge on any atom is 0.0511 e. The monoisotopic (exact) mass is 203 g/mol. The van der Waals surface area contributed by atoms with Crippen LogP contribution in [-0.2, 0) is 0 Å². The van der Waals surface area contributed by atoms with Crippen LogP contribution in [0.15, 0.2) is 30.4 Å². The summed E-state index contributed by atoms with van der Waals surface area (Å²) >= 11 is 0. The van der Waals surface area contributed by atoms with Crippen LogP contribution in [0.4, 0.5) is 0 Å². The molecule has 0 radical (unpaired) electrons. The van der Waals surface area contributed by atoms with Crippen molar-refractivity contribution >= 4 is 0 Å². The molecule has 0 amide bonds. The second-order valence-corrected chi connectivity index (χ2v) is 3.60. The van der Waals surface area contributed by atoms with E-state index in [0.29, 0.717) is 6.04 Å². The molecule has 1 heterocycles. The minimum Gasteiger partial charge on any atom is -0.303 e. The summed E-state index contributed by atoms with van der Waals surface area (Å²) in [6.07, 6.45) is 4.42. The van der Waals surface area contributed by atoms with Crippen molar-refractivity contribution in [1.82, 2.24) is 5.32 Å². The van der Waals surface area contributed by atoms with Gasteiger partial charge in [-0.25, -0.2) is 0 Å².